The van der Waals surface area contributed by atoms with Gasteiger partial charge in [-0.1, -0.05) is 41.4 Å². The molecule has 0 radical (unpaired) electrons. The van der Waals surface area contributed by atoms with Crippen LogP contribution in [-0.4, -0.2) is 51.2 Å². The summed E-state index contributed by atoms with van der Waals surface area (Å²) in [5.74, 6) is 0. The number of hydrogen-bond donors (Lipinski definition) is 2. The molecule has 0 unspecified atom stereocenters. The van der Waals surface area contributed by atoms with Crippen LogP contribution in [0.3, 0.4) is 0 Å². The van der Waals surface area contributed by atoms with Gasteiger partial charge in [0.15, 0.2) is 19.7 Å². The van der Waals surface area contributed by atoms with Crippen LogP contribution in [0.15, 0.2) is 52.3 Å². The average Bonchev–Trinajstić information content (AvgIpc) is 3.41. The highest BCUT2D eigenvalue weighted by atomic mass is 35.5. The molecule has 37 heavy (non-hydrogen) atoms. The fraction of sp³-hybridized carbons (Fsp3) is 0.417. The maximum absolute atomic E-state index is 12.9. The van der Waals surface area contributed by atoms with Gasteiger partial charge in [0.2, 0.25) is 0 Å². The van der Waals surface area contributed by atoms with Crippen LogP contribution in [-0.2, 0) is 31.0 Å². The van der Waals surface area contributed by atoms with E-state index in [0.717, 1.165) is 6.26 Å². The Labute approximate surface area is 226 Å². The SMILES string of the molecule is CS(=O)(=O)c1cc(Cl)ccc1CO[C@H]1CC[C@H](S(=O)(=O)c2ccccc2Cl)C1.N#CC1(NC(=O)O)CC1. The van der Waals surface area contributed by atoms with Crippen molar-refractivity contribution in [2.45, 2.75) is 65.4 Å². The van der Waals surface area contributed by atoms with E-state index in [9.17, 15) is 21.6 Å². The second-order valence-electron chi connectivity index (χ2n) is 8.99. The van der Waals surface area contributed by atoms with Crippen molar-refractivity contribution in [2.75, 3.05) is 6.26 Å². The van der Waals surface area contributed by atoms with Gasteiger partial charge >= 0.3 is 6.09 Å². The van der Waals surface area contributed by atoms with Crippen LogP contribution in [0.5, 0.6) is 0 Å². The lowest BCUT2D eigenvalue weighted by molar-refractivity contribution is 0.0446. The van der Waals surface area contributed by atoms with E-state index in [0.29, 0.717) is 42.7 Å². The van der Waals surface area contributed by atoms with Crippen LogP contribution < -0.4 is 5.32 Å². The third-order valence-electron chi connectivity index (χ3n) is 6.13. The third kappa shape index (κ3) is 7.58. The predicted octanol–water partition coefficient (Wildman–Crippen LogP) is 4.62. The first kappa shape index (κ1) is 29.2. The number of nitrogens with one attached hydrogen (secondary N) is 1. The van der Waals surface area contributed by atoms with Gasteiger partial charge in [-0.25, -0.2) is 21.6 Å². The third-order valence-corrected chi connectivity index (χ3v) is 10.3. The lowest BCUT2D eigenvalue weighted by Crippen LogP contribution is -2.33. The van der Waals surface area contributed by atoms with Crippen molar-refractivity contribution in [1.82, 2.24) is 5.32 Å². The van der Waals surface area contributed by atoms with Gasteiger partial charge in [-0.3, -0.25) is 0 Å². The molecule has 2 aromatic rings. The van der Waals surface area contributed by atoms with Crippen molar-refractivity contribution in [2.24, 2.45) is 0 Å². The van der Waals surface area contributed by atoms with Crippen molar-refractivity contribution in [3.05, 3.63) is 58.1 Å². The normalized spacial score (nSPS) is 20.3. The average molecular weight is 590 g/mol. The van der Waals surface area contributed by atoms with Crippen LogP contribution in [0.4, 0.5) is 4.79 Å². The molecule has 9 nitrogen and oxygen atoms in total. The lowest BCUT2D eigenvalue weighted by Gasteiger charge is -2.15. The Morgan fingerprint density at radius 2 is 1.81 bits per heavy atom. The number of carbonyl (C=O) groups is 1. The minimum atomic E-state index is -3.55. The molecule has 0 aromatic heterocycles. The Morgan fingerprint density at radius 1 is 1.14 bits per heavy atom. The summed E-state index contributed by atoms with van der Waals surface area (Å²) >= 11 is 12.0. The molecule has 0 aliphatic heterocycles. The summed E-state index contributed by atoms with van der Waals surface area (Å²) in [7, 11) is -7.00. The van der Waals surface area contributed by atoms with Crippen LogP contribution in [0.1, 0.15) is 37.7 Å². The topological polar surface area (TPSA) is 151 Å². The van der Waals surface area contributed by atoms with E-state index < -0.39 is 36.6 Å². The quantitative estimate of drug-likeness (QED) is 0.475. The number of benzene rings is 2. The summed E-state index contributed by atoms with van der Waals surface area (Å²) in [5, 5.41) is 18.6. The van der Waals surface area contributed by atoms with Crippen molar-refractivity contribution >= 4 is 49.0 Å². The first-order chi connectivity index (χ1) is 17.3. The number of nitrogens with zero attached hydrogens (tertiary/aromatic N) is 1. The fourth-order valence-corrected chi connectivity index (χ4v) is 7.50. The molecule has 2 saturated carbocycles. The first-order valence-electron chi connectivity index (χ1n) is 11.3. The van der Waals surface area contributed by atoms with E-state index >= 15 is 0 Å². The van der Waals surface area contributed by atoms with Gasteiger partial charge in [0, 0.05) is 11.3 Å². The Kier molecular flexibility index (Phi) is 9.14. The number of nitriles is 1. The maximum Gasteiger partial charge on any atom is 0.405 e. The van der Waals surface area contributed by atoms with Crippen molar-refractivity contribution in [3.8, 4) is 6.07 Å². The Balaban J connectivity index is 0.000000356. The number of rotatable bonds is 7. The predicted molar refractivity (Wildman–Crippen MR) is 138 cm³/mol. The molecule has 13 heteroatoms. The Hall–Kier alpha value is -2.36. The molecule has 0 heterocycles. The number of amides is 1. The number of carboxylic acid groups (broad SMARTS) is 1. The van der Waals surface area contributed by atoms with Gasteiger partial charge in [0.05, 0.1) is 38.8 Å². The van der Waals surface area contributed by atoms with Gasteiger partial charge < -0.3 is 15.2 Å². The minimum absolute atomic E-state index is 0.0725. The number of sulfone groups is 2. The molecule has 2 aliphatic rings. The largest absolute Gasteiger partial charge is 0.465 e. The summed E-state index contributed by atoms with van der Waals surface area (Å²) in [6.07, 6.45) is 2.41. The summed E-state index contributed by atoms with van der Waals surface area (Å²) in [5.41, 5.74) is -0.226. The molecule has 200 valence electrons. The standard InChI is InChI=1S/C19H20Cl2O5S2.C5H6N2O2/c1-27(22,23)19-10-14(20)7-6-13(19)12-26-15-8-9-16(11-15)28(24,25)18-5-3-2-4-17(18)21;6-3-5(1-2-5)7-4(8)9/h2-7,10,15-16H,8-9,11-12H2,1H3;7H,1-2H2,(H,8,9)/t15-,16-;/m0./s1. The Morgan fingerprint density at radius 3 is 2.35 bits per heavy atom. The zero-order valence-electron chi connectivity index (χ0n) is 19.9. The molecule has 4 rings (SSSR count). The lowest BCUT2D eigenvalue weighted by atomic mass is 10.2. The molecular weight excluding hydrogens is 563 g/mol. The summed E-state index contributed by atoms with van der Waals surface area (Å²) in [6.45, 7) is 0.0725. The monoisotopic (exact) mass is 588 g/mol. The highest BCUT2D eigenvalue weighted by Gasteiger charge is 2.44. The summed E-state index contributed by atoms with van der Waals surface area (Å²) in [4.78, 5) is 10.2. The molecule has 2 N–H and O–H groups in total. The van der Waals surface area contributed by atoms with Gasteiger partial charge in [-0.05, 0) is 61.9 Å². The summed E-state index contributed by atoms with van der Waals surface area (Å²) in [6, 6.07) is 12.9. The molecule has 2 aliphatic carbocycles. The van der Waals surface area contributed by atoms with E-state index in [1.54, 1.807) is 30.3 Å². The van der Waals surface area contributed by atoms with Crippen LogP contribution in [0.2, 0.25) is 10.0 Å². The van der Waals surface area contributed by atoms with Crippen LogP contribution >= 0.6 is 23.2 Å². The van der Waals surface area contributed by atoms with Crippen LogP contribution in [0.25, 0.3) is 0 Å². The van der Waals surface area contributed by atoms with Gasteiger partial charge in [0.25, 0.3) is 0 Å². The molecule has 2 atom stereocenters. The molecule has 0 spiro atoms. The molecule has 0 bridgehead atoms. The molecular formula is C24H26Cl2N2O7S2. The molecule has 2 fully saturated rings. The number of hydrogen-bond acceptors (Lipinski definition) is 7. The zero-order chi connectivity index (χ0) is 27.4. The van der Waals surface area contributed by atoms with Gasteiger partial charge in [-0.15, -0.1) is 0 Å². The van der Waals surface area contributed by atoms with E-state index in [1.807, 2.05) is 6.07 Å². The fourth-order valence-electron chi connectivity index (χ4n) is 3.98. The van der Waals surface area contributed by atoms with Gasteiger partial charge in [-0.2, -0.15) is 5.26 Å². The first-order valence-corrected chi connectivity index (χ1v) is 15.5. The zero-order valence-corrected chi connectivity index (χ0v) is 23.0. The second kappa shape index (κ2) is 11.6. The number of ether oxygens (including phenoxy) is 1. The minimum Gasteiger partial charge on any atom is -0.465 e. The highest BCUT2D eigenvalue weighted by Crippen LogP contribution is 2.35. The maximum atomic E-state index is 12.9. The smallest absolute Gasteiger partial charge is 0.405 e. The van der Waals surface area contributed by atoms with E-state index in [1.165, 1.54) is 12.1 Å². The van der Waals surface area contributed by atoms with E-state index in [2.05, 4.69) is 5.32 Å². The second-order valence-corrected chi connectivity index (χ2v) is 14.0. The summed E-state index contributed by atoms with van der Waals surface area (Å²) < 4.78 is 55.5. The van der Waals surface area contributed by atoms with Gasteiger partial charge in [0.1, 0.15) is 5.54 Å². The van der Waals surface area contributed by atoms with Crippen molar-refractivity contribution in [1.29, 1.82) is 5.26 Å². The molecule has 1 amide bonds. The molecule has 2 aromatic carbocycles. The van der Waals surface area contributed by atoms with Crippen LogP contribution in [0, 0.1) is 11.3 Å². The highest BCUT2D eigenvalue weighted by molar-refractivity contribution is 7.92. The van der Waals surface area contributed by atoms with Crippen molar-refractivity contribution in [3.63, 3.8) is 0 Å². The van der Waals surface area contributed by atoms with E-state index in [4.69, 9.17) is 38.3 Å². The Bertz CT molecular complexity index is 1420. The van der Waals surface area contributed by atoms with E-state index in [-0.39, 0.29) is 27.5 Å². The van der Waals surface area contributed by atoms with Crippen molar-refractivity contribution < 1.29 is 31.5 Å². The number of halogens is 2. The molecule has 0 saturated heterocycles.